The lowest BCUT2D eigenvalue weighted by Gasteiger charge is -2.13. The van der Waals surface area contributed by atoms with Gasteiger partial charge < -0.3 is 5.32 Å². The lowest BCUT2D eigenvalue weighted by Crippen LogP contribution is -2.03. The average Bonchev–Trinajstić information content (AvgIpc) is 2.73. The number of hydrogen-bond acceptors (Lipinski definition) is 2. The zero-order valence-electron chi connectivity index (χ0n) is 10.1. The van der Waals surface area contributed by atoms with Crippen LogP contribution in [0.4, 0.5) is 5.69 Å². The first-order chi connectivity index (χ1) is 8.20. The minimum Gasteiger partial charge on any atom is -0.380 e. The Morgan fingerprint density at radius 2 is 2.18 bits per heavy atom. The van der Waals surface area contributed by atoms with E-state index in [1.807, 2.05) is 0 Å². The van der Waals surface area contributed by atoms with Crippen LogP contribution < -0.4 is 5.32 Å². The summed E-state index contributed by atoms with van der Waals surface area (Å²) >= 11 is 5.22. The molecule has 2 rings (SSSR count). The van der Waals surface area contributed by atoms with Crippen LogP contribution in [-0.4, -0.2) is 0 Å². The summed E-state index contributed by atoms with van der Waals surface area (Å²) in [5, 5.41) is 5.73. The first kappa shape index (κ1) is 12.7. The van der Waals surface area contributed by atoms with E-state index in [1.54, 1.807) is 11.3 Å². The molecule has 0 spiro atoms. The highest BCUT2D eigenvalue weighted by atomic mass is 79.9. The molecule has 1 nitrogen and oxygen atoms in total. The van der Waals surface area contributed by atoms with Crippen LogP contribution in [0.25, 0.3) is 0 Å². The number of nitrogens with one attached hydrogen (secondary N) is 1. The van der Waals surface area contributed by atoms with Gasteiger partial charge in [0.05, 0.1) is 3.79 Å². The number of halogens is 1. The maximum atomic E-state index is 3.55. The minimum atomic E-state index is 0.889. The van der Waals surface area contributed by atoms with Crippen molar-refractivity contribution in [1.82, 2.24) is 0 Å². The van der Waals surface area contributed by atoms with Crippen molar-refractivity contribution < 1.29 is 0 Å². The first-order valence-electron chi connectivity index (χ1n) is 5.76. The van der Waals surface area contributed by atoms with Gasteiger partial charge in [0.25, 0.3) is 0 Å². The number of anilines is 1. The third-order valence-corrected chi connectivity index (χ3v) is 4.38. The van der Waals surface area contributed by atoms with Gasteiger partial charge in [0.2, 0.25) is 0 Å². The molecular weight excluding hydrogens is 294 g/mol. The van der Waals surface area contributed by atoms with Crippen molar-refractivity contribution in [3.05, 3.63) is 50.1 Å². The molecule has 0 aliphatic heterocycles. The van der Waals surface area contributed by atoms with E-state index in [0.717, 1.165) is 13.0 Å². The summed E-state index contributed by atoms with van der Waals surface area (Å²) < 4.78 is 1.19. The molecule has 1 N–H and O–H groups in total. The smallest absolute Gasteiger partial charge is 0.0701 e. The third kappa shape index (κ3) is 3.11. The van der Waals surface area contributed by atoms with Gasteiger partial charge in [0, 0.05) is 12.2 Å². The number of rotatable bonds is 4. The molecule has 0 amide bonds. The fourth-order valence-corrected chi connectivity index (χ4v) is 3.11. The highest BCUT2D eigenvalue weighted by Gasteiger charge is 2.04. The topological polar surface area (TPSA) is 12.0 Å². The molecular formula is C14H16BrNS. The molecule has 0 atom stereocenters. The van der Waals surface area contributed by atoms with Crippen molar-refractivity contribution in [1.29, 1.82) is 0 Å². The third-order valence-electron chi connectivity index (χ3n) is 2.83. The Balaban J connectivity index is 2.13. The van der Waals surface area contributed by atoms with E-state index in [0.29, 0.717) is 0 Å². The summed E-state index contributed by atoms with van der Waals surface area (Å²) in [4.78, 5) is 0. The largest absolute Gasteiger partial charge is 0.380 e. The van der Waals surface area contributed by atoms with E-state index in [4.69, 9.17) is 0 Å². The van der Waals surface area contributed by atoms with E-state index in [2.05, 4.69) is 64.7 Å². The second-order valence-electron chi connectivity index (χ2n) is 4.08. The van der Waals surface area contributed by atoms with Crippen molar-refractivity contribution in [2.24, 2.45) is 0 Å². The van der Waals surface area contributed by atoms with Crippen LogP contribution in [0.15, 0.2) is 33.4 Å². The lowest BCUT2D eigenvalue weighted by atomic mass is 10.1. The van der Waals surface area contributed by atoms with Crippen molar-refractivity contribution in [3.8, 4) is 0 Å². The predicted octanol–water partition coefficient (Wildman–Crippen LogP) is 4.99. The van der Waals surface area contributed by atoms with Crippen molar-refractivity contribution >= 4 is 33.0 Å². The van der Waals surface area contributed by atoms with Gasteiger partial charge in [0.15, 0.2) is 0 Å². The van der Waals surface area contributed by atoms with Crippen molar-refractivity contribution in [3.63, 3.8) is 0 Å². The number of benzene rings is 1. The number of para-hydroxylation sites is 1. The second-order valence-corrected chi connectivity index (χ2v) is 6.37. The monoisotopic (exact) mass is 309 g/mol. The maximum Gasteiger partial charge on any atom is 0.0701 e. The molecule has 17 heavy (non-hydrogen) atoms. The molecule has 0 aliphatic rings. The number of thiophene rings is 1. The molecule has 0 bridgehead atoms. The molecule has 0 saturated carbocycles. The van der Waals surface area contributed by atoms with Gasteiger partial charge in [0.1, 0.15) is 0 Å². The Morgan fingerprint density at radius 3 is 2.82 bits per heavy atom. The molecule has 1 aromatic carbocycles. The fourth-order valence-electron chi connectivity index (χ4n) is 1.91. The lowest BCUT2D eigenvalue weighted by molar-refractivity contribution is 1.09. The Hall–Kier alpha value is -0.800. The van der Waals surface area contributed by atoms with Crippen molar-refractivity contribution in [2.75, 3.05) is 5.32 Å². The van der Waals surface area contributed by atoms with Crippen LogP contribution in [0.2, 0.25) is 0 Å². The Kier molecular flexibility index (Phi) is 4.24. The van der Waals surface area contributed by atoms with Crippen LogP contribution >= 0.6 is 27.3 Å². The zero-order chi connectivity index (χ0) is 12.3. The molecule has 0 aliphatic carbocycles. The second kappa shape index (κ2) is 5.69. The van der Waals surface area contributed by atoms with E-state index in [-0.39, 0.29) is 0 Å². The molecule has 0 unspecified atom stereocenters. The van der Waals surface area contributed by atoms with Gasteiger partial charge in [-0.05, 0) is 57.4 Å². The Labute approximate surface area is 115 Å². The summed E-state index contributed by atoms with van der Waals surface area (Å²) in [7, 11) is 0. The van der Waals surface area contributed by atoms with Gasteiger partial charge in [-0.1, -0.05) is 25.1 Å². The molecule has 3 heteroatoms. The van der Waals surface area contributed by atoms with Crippen molar-refractivity contribution in [2.45, 2.75) is 26.8 Å². The summed E-state index contributed by atoms with van der Waals surface area (Å²) in [6.07, 6.45) is 1.07. The van der Waals surface area contributed by atoms with E-state index in [1.165, 1.54) is 26.2 Å². The van der Waals surface area contributed by atoms with Gasteiger partial charge in [-0.25, -0.2) is 0 Å². The molecule has 90 valence electrons. The Morgan fingerprint density at radius 1 is 1.35 bits per heavy atom. The predicted molar refractivity (Wildman–Crippen MR) is 79.9 cm³/mol. The van der Waals surface area contributed by atoms with Crippen LogP contribution in [0, 0.1) is 6.92 Å². The summed E-state index contributed by atoms with van der Waals surface area (Å²) in [6, 6.07) is 8.64. The van der Waals surface area contributed by atoms with Crippen LogP contribution in [-0.2, 0) is 13.0 Å². The highest BCUT2D eigenvalue weighted by Crippen LogP contribution is 2.24. The molecule has 1 heterocycles. The number of aryl methyl sites for hydroxylation is 2. The highest BCUT2D eigenvalue weighted by molar-refractivity contribution is 9.11. The Bertz CT molecular complexity index is 505. The van der Waals surface area contributed by atoms with Crippen LogP contribution in [0.5, 0.6) is 0 Å². The molecule has 0 radical (unpaired) electrons. The van der Waals surface area contributed by atoms with E-state index in [9.17, 15) is 0 Å². The normalized spacial score (nSPS) is 10.5. The minimum absolute atomic E-state index is 0.889. The average molecular weight is 310 g/mol. The summed E-state index contributed by atoms with van der Waals surface area (Å²) in [5.41, 5.74) is 5.32. The number of hydrogen-bond donors (Lipinski definition) is 1. The summed E-state index contributed by atoms with van der Waals surface area (Å²) in [5.74, 6) is 0. The van der Waals surface area contributed by atoms with Crippen LogP contribution in [0.3, 0.4) is 0 Å². The quantitative estimate of drug-likeness (QED) is 0.838. The maximum absolute atomic E-state index is 3.55. The standard InChI is InChI=1S/C14H16BrNS/c1-3-12-6-4-5-10(2)14(12)16-8-11-7-13(15)17-9-11/h4-7,9,16H,3,8H2,1-2H3. The van der Waals surface area contributed by atoms with Crippen LogP contribution in [0.1, 0.15) is 23.6 Å². The van der Waals surface area contributed by atoms with E-state index < -0.39 is 0 Å². The van der Waals surface area contributed by atoms with Gasteiger partial charge in [-0.2, -0.15) is 0 Å². The van der Waals surface area contributed by atoms with Gasteiger partial charge >= 0.3 is 0 Å². The zero-order valence-corrected chi connectivity index (χ0v) is 12.5. The fraction of sp³-hybridized carbons (Fsp3) is 0.286. The molecule has 0 saturated heterocycles. The first-order valence-corrected chi connectivity index (χ1v) is 7.43. The molecule has 2 aromatic rings. The molecule has 0 fully saturated rings. The summed E-state index contributed by atoms with van der Waals surface area (Å²) in [6.45, 7) is 5.24. The van der Waals surface area contributed by atoms with Gasteiger partial charge in [-0.15, -0.1) is 11.3 Å². The molecule has 1 aromatic heterocycles. The van der Waals surface area contributed by atoms with E-state index >= 15 is 0 Å². The van der Waals surface area contributed by atoms with Gasteiger partial charge in [-0.3, -0.25) is 0 Å². The SMILES string of the molecule is CCc1cccc(C)c1NCc1csc(Br)c1.